The second kappa shape index (κ2) is 12.2. The summed E-state index contributed by atoms with van der Waals surface area (Å²) in [7, 11) is 0. The predicted molar refractivity (Wildman–Crippen MR) is 213 cm³/mol. The highest BCUT2D eigenvalue weighted by atomic mass is 16.5. The van der Waals surface area contributed by atoms with Gasteiger partial charge in [-0.25, -0.2) is 0 Å². The number of fused-ring (bicyclic) bond motifs is 4. The van der Waals surface area contributed by atoms with Gasteiger partial charge in [-0.3, -0.25) is 0 Å². The van der Waals surface area contributed by atoms with Crippen LogP contribution in [0.4, 0.5) is 0 Å². The lowest BCUT2D eigenvalue weighted by Gasteiger charge is -2.20. The lowest BCUT2D eigenvalue weighted by molar-refractivity contribution is 0.222. The summed E-state index contributed by atoms with van der Waals surface area (Å²) >= 11 is 0. The highest BCUT2D eigenvalue weighted by Crippen LogP contribution is 2.51. The van der Waals surface area contributed by atoms with Gasteiger partial charge >= 0.3 is 0 Å². The first kappa shape index (κ1) is 29.5. The molecule has 0 bridgehead atoms. The van der Waals surface area contributed by atoms with Gasteiger partial charge in [-0.05, 0) is 89.0 Å². The molecule has 0 saturated heterocycles. The third-order valence-corrected chi connectivity index (χ3v) is 10.7. The Kier molecular flexibility index (Phi) is 7.03. The molecule has 1 heteroatoms. The van der Waals surface area contributed by atoms with Crippen molar-refractivity contribution in [2.24, 2.45) is 0 Å². The second-order valence-electron chi connectivity index (χ2n) is 13.5. The Hall–Kier alpha value is -6.44. The molecule has 0 aliphatic carbocycles. The Morgan fingerprint density at radius 3 is 1.59 bits per heavy atom. The molecule has 0 radical (unpaired) electrons. The highest BCUT2D eigenvalue weighted by molar-refractivity contribution is 6.23. The fourth-order valence-corrected chi connectivity index (χ4v) is 8.39. The van der Waals surface area contributed by atoms with Gasteiger partial charge in [-0.15, -0.1) is 0 Å². The molecule has 240 valence electrons. The topological polar surface area (TPSA) is 9.23 Å². The van der Waals surface area contributed by atoms with Crippen LogP contribution in [0.25, 0.3) is 65.7 Å². The summed E-state index contributed by atoms with van der Waals surface area (Å²) < 4.78 is 6.84. The molecule has 51 heavy (non-hydrogen) atoms. The van der Waals surface area contributed by atoms with Gasteiger partial charge in [0, 0.05) is 5.56 Å². The summed E-state index contributed by atoms with van der Waals surface area (Å²) in [5.41, 5.74) is 11.0. The summed E-state index contributed by atoms with van der Waals surface area (Å²) in [6.07, 6.45) is -0.0804. The van der Waals surface area contributed by atoms with E-state index in [4.69, 9.17) is 4.74 Å². The van der Waals surface area contributed by atoms with Gasteiger partial charge < -0.3 is 4.74 Å². The molecule has 9 aromatic carbocycles. The predicted octanol–water partition coefficient (Wildman–Crippen LogP) is 13.4. The zero-order valence-electron chi connectivity index (χ0n) is 28.0. The second-order valence-corrected chi connectivity index (χ2v) is 13.5. The van der Waals surface area contributed by atoms with Crippen LogP contribution in [-0.2, 0) is 0 Å². The van der Waals surface area contributed by atoms with Crippen LogP contribution < -0.4 is 4.74 Å². The van der Waals surface area contributed by atoms with Crippen LogP contribution in [0, 0.1) is 0 Å². The molecule has 2 unspecified atom stereocenters. The number of hydrogen-bond acceptors (Lipinski definition) is 1. The maximum Gasteiger partial charge on any atom is 0.135 e. The molecule has 0 aromatic heterocycles. The maximum atomic E-state index is 6.84. The van der Waals surface area contributed by atoms with Crippen molar-refractivity contribution in [3.05, 3.63) is 211 Å². The fraction of sp³-hybridized carbons (Fsp3) is 0.0400. The number of hydrogen-bond donors (Lipinski definition) is 0. The Morgan fingerprint density at radius 1 is 0.353 bits per heavy atom. The average molecular weight is 651 g/mol. The van der Waals surface area contributed by atoms with Gasteiger partial charge in [0.1, 0.15) is 11.9 Å². The van der Waals surface area contributed by atoms with Gasteiger partial charge in [0.05, 0.1) is 5.92 Å². The number of benzene rings is 9. The molecule has 1 aliphatic heterocycles. The molecule has 0 fully saturated rings. The van der Waals surface area contributed by atoms with Crippen LogP contribution in [0.2, 0.25) is 0 Å². The van der Waals surface area contributed by atoms with Crippen LogP contribution in [-0.4, -0.2) is 0 Å². The molecule has 0 saturated carbocycles. The van der Waals surface area contributed by atoms with Gasteiger partial charge in [0.25, 0.3) is 0 Å². The zero-order valence-corrected chi connectivity index (χ0v) is 28.0. The van der Waals surface area contributed by atoms with Crippen molar-refractivity contribution < 1.29 is 4.74 Å². The molecule has 2 atom stereocenters. The summed E-state index contributed by atoms with van der Waals surface area (Å²) in [6.45, 7) is 0. The summed E-state index contributed by atoms with van der Waals surface area (Å²) in [5.74, 6) is 1.08. The summed E-state index contributed by atoms with van der Waals surface area (Å²) in [5, 5.41) is 7.56. The van der Waals surface area contributed by atoms with E-state index in [0.717, 1.165) is 11.3 Å². The van der Waals surface area contributed by atoms with Crippen LogP contribution in [0.15, 0.2) is 194 Å². The average Bonchev–Trinajstić information content (AvgIpc) is 3.59. The Morgan fingerprint density at radius 2 is 0.882 bits per heavy atom. The van der Waals surface area contributed by atoms with E-state index in [1.807, 2.05) is 0 Å². The normalized spacial score (nSPS) is 15.2. The monoisotopic (exact) mass is 650 g/mol. The van der Waals surface area contributed by atoms with E-state index in [9.17, 15) is 0 Å². The molecular formula is C50H34O. The van der Waals surface area contributed by atoms with E-state index in [-0.39, 0.29) is 12.0 Å². The standard InChI is InChI=1S/C50H34O/c1-3-16-34(17-4-1)48-45-30-29-37(32-46(45)51-50(48)35-18-5-2-6-19-35)36-21-13-22-38(31-36)47-41-24-9-11-26-43(41)49(44-27-12-10-25-42(44)47)40-28-14-20-33-15-7-8-23-39(33)40/h1-32,48,50H. The van der Waals surface area contributed by atoms with Crippen molar-refractivity contribution in [3.63, 3.8) is 0 Å². The van der Waals surface area contributed by atoms with Crippen molar-refractivity contribution in [1.29, 1.82) is 0 Å². The minimum Gasteiger partial charge on any atom is -0.484 e. The third-order valence-electron chi connectivity index (χ3n) is 10.7. The van der Waals surface area contributed by atoms with Crippen LogP contribution in [0.1, 0.15) is 28.7 Å². The van der Waals surface area contributed by atoms with Crippen LogP contribution in [0.3, 0.4) is 0 Å². The highest BCUT2D eigenvalue weighted by Gasteiger charge is 2.36. The number of ether oxygens (including phenoxy) is 1. The number of rotatable bonds is 5. The Labute approximate surface area is 298 Å². The first-order chi connectivity index (χ1) is 25.3. The molecule has 0 amide bonds. The largest absolute Gasteiger partial charge is 0.484 e. The summed E-state index contributed by atoms with van der Waals surface area (Å²) in [4.78, 5) is 0. The van der Waals surface area contributed by atoms with E-state index in [0.29, 0.717) is 0 Å². The lowest BCUT2D eigenvalue weighted by Crippen LogP contribution is -2.11. The van der Waals surface area contributed by atoms with E-state index in [1.165, 1.54) is 76.8 Å². The van der Waals surface area contributed by atoms with E-state index < -0.39 is 0 Å². The van der Waals surface area contributed by atoms with Crippen molar-refractivity contribution in [1.82, 2.24) is 0 Å². The van der Waals surface area contributed by atoms with Crippen molar-refractivity contribution in [3.8, 4) is 39.1 Å². The quantitative estimate of drug-likeness (QED) is 0.168. The molecule has 10 rings (SSSR count). The van der Waals surface area contributed by atoms with Crippen molar-refractivity contribution in [2.45, 2.75) is 12.0 Å². The van der Waals surface area contributed by atoms with Crippen molar-refractivity contribution >= 4 is 32.3 Å². The molecule has 1 nitrogen and oxygen atoms in total. The van der Waals surface area contributed by atoms with Gasteiger partial charge in [-0.1, -0.05) is 182 Å². The van der Waals surface area contributed by atoms with Gasteiger partial charge in [-0.2, -0.15) is 0 Å². The van der Waals surface area contributed by atoms with E-state index in [2.05, 4.69) is 194 Å². The first-order valence-corrected chi connectivity index (χ1v) is 17.7. The SMILES string of the molecule is c1ccc(C2Oc3cc(-c4cccc(-c5c6ccccc6c(-c6cccc7ccccc67)c6ccccc56)c4)ccc3C2c2ccccc2)cc1. The van der Waals surface area contributed by atoms with Crippen LogP contribution >= 0.6 is 0 Å². The van der Waals surface area contributed by atoms with Crippen LogP contribution in [0.5, 0.6) is 5.75 Å². The molecule has 1 heterocycles. The molecule has 1 aliphatic rings. The minimum atomic E-state index is -0.0804. The summed E-state index contributed by atoms with van der Waals surface area (Å²) in [6, 6.07) is 70.4. The third kappa shape index (κ3) is 4.93. The van der Waals surface area contributed by atoms with Crippen molar-refractivity contribution in [2.75, 3.05) is 0 Å². The van der Waals surface area contributed by atoms with Gasteiger partial charge in [0.15, 0.2) is 0 Å². The maximum absolute atomic E-state index is 6.84. The fourth-order valence-electron chi connectivity index (χ4n) is 8.39. The molecule has 0 spiro atoms. The van der Waals surface area contributed by atoms with E-state index in [1.54, 1.807) is 0 Å². The minimum absolute atomic E-state index is 0.0804. The molecule has 9 aromatic rings. The molecule has 0 N–H and O–H groups in total. The zero-order chi connectivity index (χ0) is 33.7. The van der Waals surface area contributed by atoms with Gasteiger partial charge in [0.2, 0.25) is 0 Å². The Bertz CT molecular complexity index is 2660. The smallest absolute Gasteiger partial charge is 0.135 e. The first-order valence-electron chi connectivity index (χ1n) is 17.7. The lowest BCUT2D eigenvalue weighted by atomic mass is 9.84. The molecular weight excluding hydrogens is 617 g/mol. The Balaban J connectivity index is 1.13. The van der Waals surface area contributed by atoms with E-state index >= 15 is 0 Å².